The van der Waals surface area contributed by atoms with E-state index in [-0.39, 0.29) is 0 Å². The van der Waals surface area contributed by atoms with Crippen LogP contribution in [0.5, 0.6) is 0 Å². The van der Waals surface area contributed by atoms with Crippen LogP contribution in [0.3, 0.4) is 0 Å². The van der Waals surface area contributed by atoms with Crippen molar-refractivity contribution in [3.05, 3.63) is 143 Å². The second kappa shape index (κ2) is 10.9. The molecule has 39 heavy (non-hydrogen) atoms. The molecule has 0 N–H and O–H groups in total. The molecule has 5 aromatic rings. The number of hydrogen-bond acceptors (Lipinski definition) is 4. The first-order valence-corrected chi connectivity index (χ1v) is 12.1. The molecule has 0 aromatic heterocycles. The fraction of sp³-hybridized carbons (Fsp3) is 0. The van der Waals surface area contributed by atoms with E-state index in [2.05, 4.69) is 23.1 Å². The summed E-state index contributed by atoms with van der Waals surface area (Å²) in [6, 6.07) is 42.5. The number of rotatable bonds is 5. The van der Waals surface area contributed by atoms with E-state index < -0.39 is 0 Å². The molecule has 0 saturated carbocycles. The molecule has 180 valence electrons. The maximum Gasteiger partial charge on any atom is 0.187 e. The smallest absolute Gasteiger partial charge is 0.187 e. The zero-order valence-corrected chi connectivity index (χ0v) is 20.7. The van der Waals surface area contributed by atoms with E-state index in [1.165, 1.54) is 0 Å². The molecule has 0 bridgehead atoms. The normalized spacial score (nSPS) is 9.95. The Labute approximate surface area is 227 Å². The molecular weight excluding hydrogens is 478 g/mol. The highest BCUT2D eigenvalue weighted by molar-refractivity contribution is 5.81. The second-order valence-electron chi connectivity index (χ2n) is 8.74. The Hall–Kier alpha value is -6.14. The van der Waals surface area contributed by atoms with Crippen LogP contribution < -0.4 is 4.90 Å². The molecule has 5 rings (SSSR count). The minimum Gasteiger partial charge on any atom is -0.310 e. The van der Waals surface area contributed by atoms with Gasteiger partial charge in [0, 0.05) is 17.1 Å². The first kappa shape index (κ1) is 24.5. The summed E-state index contributed by atoms with van der Waals surface area (Å²) in [5, 5.41) is 28.3. The summed E-state index contributed by atoms with van der Waals surface area (Å²) in [6.45, 7) is 7.30. The summed E-state index contributed by atoms with van der Waals surface area (Å²) >= 11 is 0. The molecule has 5 heteroatoms. The average Bonchev–Trinajstić information content (AvgIpc) is 3.01. The third-order valence-electron chi connectivity index (χ3n) is 6.39. The van der Waals surface area contributed by atoms with E-state index in [4.69, 9.17) is 6.57 Å². The Morgan fingerprint density at radius 1 is 0.513 bits per heavy atom. The predicted octanol–water partition coefficient (Wildman–Crippen LogP) is 8.66. The molecule has 0 atom stereocenters. The molecule has 0 heterocycles. The highest BCUT2D eigenvalue weighted by atomic mass is 15.1. The van der Waals surface area contributed by atoms with Crippen LogP contribution in [-0.2, 0) is 0 Å². The van der Waals surface area contributed by atoms with Crippen LogP contribution in [0.2, 0.25) is 0 Å². The van der Waals surface area contributed by atoms with Crippen molar-refractivity contribution in [2.45, 2.75) is 0 Å². The van der Waals surface area contributed by atoms with Crippen molar-refractivity contribution in [1.82, 2.24) is 0 Å². The van der Waals surface area contributed by atoms with E-state index >= 15 is 0 Å². The third-order valence-corrected chi connectivity index (χ3v) is 6.39. The molecule has 0 fully saturated rings. The van der Waals surface area contributed by atoms with Gasteiger partial charge in [0.15, 0.2) is 5.69 Å². The summed E-state index contributed by atoms with van der Waals surface area (Å²) in [5.74, 6) is 0. The minimum atomic E-state index is 0.303. The van der Waals surface area contributed by atoms with Crippen molar-refractivity contribution in [3.8, 4) is 40.5 Å². The van der Waals surface area contributed by atoms with Crippen LogP contribution in [0.1, 0.15) is 16.7 Å². The lowest BCUT2D eigenvalue weighted by Gasteiger charge is -2.26. The van der Waals surface area contributed by atoms with Crippen LogP contribution >= 0.6 is 0 Å². The van der Waals surface area contributed by atoms with Gasteiger partial charge in [-0.15, -0.1) is 0 Å². The number of anilines is 3. The van der Waals surface area contributed by atoms with Gasteiger partial charge in [0.1, 0.15) is 12.1 Å². The van der Waals surface area contributed by atoms with E-state index in [0.717, 1.165) is 39.3 Å². The van der Waals surface area contributed by atoms with E-state index in [1.807, 2.05) is 95.9 Å². The topological polar surface area (TPSA) is 79.0 Å². The van der Waals surface area contributed by atoms with Gasteiger partial charge in [0.25, 0.3) is 0 Å². The molecule has 0 saturated heterocycles. The first-order chi connectivity index (χ1) is 19.1. The molecule has 5 aromatic carbocycles. The van der Waals surface area contributed by atoms with Crippen LogP contribution in [0, 0.1) is 40.6 Å². The second-order valence-corrected chi connectivity index (χ2v) is 8.74. The first-order valence-electron chi connectivity index (χ1n) is 12.1. The highest BCUT2D eigenvalue weighted by Crippen LogP contribution is 2.37. The number of hydrogen-bond donors (Lipinski definition) is 0. The zero-order chi connectivity index (χ0) is 27.2. The van der Waals surface area contributed by atoms with Crippen LogP contribution in [-0.4, -0.2) is 0 Å². The lowest BCUT2D eigenvalue weighted by molar-refractivity contribution is 1.27. The third kappa shape index (κ3) is 5.07. The summed E-state index contributed by atoms with van der Waals surface area (Å²) < 4.78 is 0. The van der Waals surface area contributed by atoms with Crippen molar-refractivity contribution in [2.24, 2.45) is 0 Å². The Balaban J connectivity index is 1.58. The van der Waals surface area contributed by atoms with Crippen molar-refractivity contribution >= 4 is 22.7 Å². The molecule has 0 spiro atoms. The molecular formula is C34H19N5. The molecule has 0 unspecified atom stereocenters. The van der Waals surface area contributed by atoms with Crippen molar-refractivity contribution in [1.29, 1.82) is 15.8 Å². The van der Waals surface area contributed by atoms with Crippen LogP contribution in [0.15, 0.2) is 115 Å². The van der Waals surface area contributed by atoms with Gasteiger partial charge in [-0.2, -0.15) is 15.8 Å². The van der Waals surface area contributed by atoms with Crippen LogP contribution in [0.4, 0.5) is 22.7 Å². The van der Waals surface area contributed by atoms with Crippen molar-refractivity contribution in [3.63, 3.8) is 0 Å². The summed E-state index contributed by atoms with van der Waals surface area (Å²) in [4.78, 5) is 5.55. The van der Waals surface area contributed by atoms with E-state index in [0.29, 0.717) is 22.4 Å². The van der Waals surface area contributed by atoms with Gasteiger partial charge in [0.05, 0.1) is 29.3 Å². The summed E-state index contributed by atoms with van der Waals surface area (Å²) in [5.41, 5.74) is 8.15. The number of benzene rings is 5. The maximum atomic E-state index is 9.64. The Morgan fingerprint density at radius 2 is 1.08 bits per heavy atom. The Kier molecular flexibility index (Phi) is 6.84. The van der Waals surface area contributed by atoms with Gasteiger partial charge in [-0.05, 0) is 82.9 Å². The zero-order valence-electron chi connectivity index (χ0n) is 20.7. The fourth-order valence-corrected chi connectivity index (χ4v) is 4.44. The maximum absolute atomic E-state index is 9.64. The number of nitrogens with zero attached hydrogens (tertiary/aromatic N) is 5. The minimum absolute atomic E-state index is 0.303. The van der Waals surface area contributed by atoms with Gasteiger partial charge in [0.2, 0.25) is 0 Å². The molecule has 0 radical (unpaired) electrons. The van der Waals surface area contributed by atoms with Gasteiger partial charge >= 0.3 is 0 Å². The molecule has 5 nitrogen and oxygen atoms in total. The fourth-order valence-electron chi connectivity index (χ4n) is 4.44. The van der Waals surface area contributed by atoms with Crippen molar-refractivity contribution < 1.29 is 0 Å². The van der Waals surface area contributed by atoms with Gasteiger partial charge < -0.3 is 4.90 Å². The SMILES string of the molecule is [C-]#[N+]c1cccc(-c2ccc(N(c3ccc(-c4cccc(C#N)c4)cc3)c3ccc(C#N)c(C#N)c3)cc2)c1. The molecule has 0 aliphatic heterocycles. The quantitative estimate of drug-likeness (QED) is 0.228. The number of nitriles is 3. The molecule has 0 aliphatic carbocycles. The average molecular weight is 498 g/mol. The van der Waals surface area contributed by atoms with Gasteiger partial charge in [-0.3, -0.25) is 0 Å². The van der Waals surface area contributed by atoms with Crippen molar-refractivity contribution in [2.75, 3.05) is 4.90 Å². The van der Waals surface area contributed by atoms with E-state index in [1.54, 1.807) is 24.3 Å². The summed E-state index contributed by atoms with van der Waals surface area (Å²) in [6.07, 6.45) is 0. The summed E-state index contributed by atoms with van der Waals surface area (Å²) in [7, 11) is 0. The lowest BCUT2D eigenvalue weighted by Crippen LogP contribution is -2.10. The lowest BCUT2D eigenvalue weighted by atomic mass is 10.0. The van der Waals surface area contributed by atoms with Crippen LogP contribution in [0.25, 0.3) is 27.1 Å². The highest BCUT2D eigenvalue weighted by Gasteiger charge is 2.15. The Morgan fingerprint density at radius 3 is 1.64 bits per heavy atom. The molecule has 0 aliphatic rings. The predicted molar refractivity (Wildman–Crippen MR) is 152 cm³/mol. The standard InChI is InChI=1S/C34H19N5/c1-38-31-7-3-6-28(19-31)26-10-15-33(16-11-26)39(34-17-12-29(22-36)30(20-34)23-37)32-13-8-25(9-14-32)27-5-2-4-24(18-27)21-35/h2-20H. The van der Waals surface area contributed by atoms with Gasteiger partial charge in [-0.1, -0.05) is 54.6 Å². The Bertz CT molecular complexity index is 1740. The monoisotopic (exact) mass is 497 g/mol. The molecule has 0 amide bonds. The largest absolute Gasteiger partial charge is 0.310 e. The van der Waals surface area contributed by atoms with Gasteiger partial charge in [-0.25, -0.2) is 4.85 Å². The van der Waals surface area contributed by atoms with E-state index in [9.17, 15) is 15.8 Å².